The van der Waals surface area contributed by atoms with E-state index in [1.54, 1.807) is 0 Å². The van der Waals surface area contributed by atoms with Crippen molar-refractivity contribution in [3.63, 3.8) is 0 Å². The van der Waals surface area contributed by atoms with Gasteiger partial charge >= 0.3 is 17.1 Å². The zero-order valence-corrected chi connectivity index (χ0v) is 4.64. The van der Waals surface area contributed by atoms with E-state index in [9.17, 15) is 0 Å². The molecule has 0 spiro atoms. The Labute approximate surface area is 55.1 Å². The van der Waals surface area contributed by atoms with Crippen LogP contribution in [0.2, 0.25) is 0 Å². The van der Waals surface area contributed by atoms with Gasteiger partial charge in [0.1, 0.15) is 0 Å². The molecular weight excluding hydrogens is 159 g/mol. The summed E-state index contributed by atoms with van der Waals surface area (Å²) in [5.74, 6) is -4.37. The van der Waals surface area contributed by atoms with Gasteiger partial charge in [-0.1, -0.05) is 0 Å². The molecule has 0 saturated carbocycles. The Hall–Kier alpha value is -0.581. The molecule has 0 aromatic heterocycles. The standard InChI is InChI=1S/C2H2O4.Mn.H2O/c3-1(4)2(5)6;;/h(H,3,4)(H,5,6);;1H2/q;+3;/p-3. The predicted octanol–water partition coefficient (Wildman–Crippen LogP) is -3.69. The number of hydrogen-bond acceptors (Lipinski definition) is 5. The minimum atomic E-state index is -2.19. The molecule has 0 aliphatic rings. The van der Waals surface area contributed by atoms with Crippen LogP contribution in [0.3, 0.4) is 0 Å². The summed E-state index contributed by atoms with van der Waals surface area (Å²) in [6.07, 6.45) is 0. The van der Waals surface area contributed by atoms with E-state index in [1.807, 2.05) is 0 Å². The van der Waals surface area contributed by atoms with Crippen molar-refractivity contribution in [1.29, 1.82) is 0 Å². The van der Waals surface area contributed by atoms with Crippen molar-refractivity contribution in [2.45, 2.75) is 0 Å². The molecule has 0 saturated heterocycles. The number of carbonyl (C=O) groups is 2. The maximum absolute atomic E-state index is 8.93. The molecule has 5 nitrogen and oxygen atoms in total. The maximum Gasteiger partial charge on any atom is 3.00 e. The van der Waals surface area contributed by atoms with Crippen molar-refractivity contribution < 1.29 is 42.3 Å². The Kier molecular flexibility index (Phi) is 12.6. The largest absolute Gasteiger partial charge is 3.00 e. The third kappa shape index (κ3) is 9.05. The second kappa shape index (κ2) is 6.42. The molecule has 0 aliphatic carbocycles. The van der Waals surface area contributed by atoms with Crippen molar-refractivity contribution in [3.8, 4) is 0 Å². The van der Waals surface area contributed by atoms with Crippen molar-refractivity contribution in [1.82, 2.24) is 0 Å². The topological polar surface area (TPSA) is 110 Å². The molecule has 1 N–H and O–H groups in total. The van der Waals surface area contributed by atoms with Gasteiger partial charge in [-0.05, 0) is 0 Å². The van der Waals surface area contributed by atoms with E-state index in [-0.39, 0.29) is 22.5 Å². The molecule has 0 rings (SSSR count). The monoisotopic (exact) mass is 160 g/mol. The van der Waals surface area contributed by atoms with Gasteiger partial charge in [0.15, 0.2) is 0 Å². The second-order valence-corrected chi connectivity index (χ2v) is 0.575. The van der Waals surface area contributed by atoms with Gasteiger partial charge in [-0.25, -0.2) is 0 Å². The van der Waals surface area contributed by atoms with Gasteiger partial charge in [-0.3, -0.25) is 0 Å². The van der Waals surface area contributed by atoms with Gasteiger partial charge in [0, 0.05) is 0 Å². The van der Waals surface area contributed by atoms with E-state index in [4.69, 9.17) is 19.8 Å². The SMILES string of the molecule is O=C([O-])C(=O)[O-].[Mn+3].[OH-]. The van der Waals surface area contributed by atoms with Crippen LogP contribution in [-0.4, -0.2) is 17.4 Å². The average molecular weight is 160 g/mol. The summed E-state index contributed by atoms with van der Waals surface area (Å²) in [5.41, 5.74) is 0. The smallest absolute Gasteiger partial charge is 0.870 e. The fraction of sp³-hybridized carbons (Fsp3) is 0. The van der Waals surface area contributed by atoms with Gasteiger partial charge in [0.2, 0.25) is 0 Å². The van der Waals surface area contributed by atoms with E-state index in [2.05, 4.69) is 0 Å². The fourth-order valence-corrected chi connectivity index (χ4v) is 0. The van der Waals surface area contributed by atoms with Crippen LogP contribution in [0.4, 0.5) is 0 Å². The van der Waals surface area contributed by atoms with Crippen LogP contribution in [-0.2, 0) is 26.7 Å². The Balaban J connectivity index is -0.000000125. The van der Waals surface area contributed by atoms with E-state index < -0.39 is 11.9 Å². The molecule has 0 aliphatic heterocycles. The van der Waals surface area contributed by atoms with Gasteiger partial charge in [0.05, 0.1) is 11.9 Å². The number of carboxylic acids is 2. The fourth-order valence-electron chi connectivity index (χ4n) is 0. The second-order valence-electron chi connectivity index (χ2n) is 0.575. The summed E-state index contributed by atoms with van der Waals surface area (Å²) in [5, 5.41) is 17.9. The Morgan fingerprint density at radius 3 is 1.12 bits per heavy atom. The zero-order valence-electron chi connectivity index (χ0n) is 3.46. The molecule has 6 heteroatoms. The minimum Gasteiger partial charge on any atom is -0.870 e. The summed E-state index contributed by atoms with van der Waals surface area (Å²) in [6.45, 7) is 0. The first-order valence-corrected chi connectivity index (χ1v) is 1.07. The van der Waals surface area contributed by atoms with Crippen LogP contribution in [0.5, 0.6) is 0 Å². The number of carboxylic acid groups (broad SMARTS) is 2. The maximum atomic E-state index is 8.93. The van der Waals surface area contributed by atoms with Crippen LogP contribution in [0.1, 0.15) is 0 Å². The molecule has 8 heavy (non-hydrogen) atoms. The normalized spacial score (nSPS) is 5.50. The molecule has 0 heterocycles. The number of aliphatic carboxylic acids is 2. The van der Waals surface area contributed by atoms with Crippen LogP contribution >= 0.6 is 0 Å². The van der Waals surface area contributed by atoms with Crippen LogP contribution in [0.15, 0.2) is 0 Å². The third-order valence-corrected chi connectivity index (χ3v) is 0.167. The molecular formula is C2HMnO5. The van der Waals surface area contributed by atoms with Crippen LogP contribution < -0.4 is 10.2 Å². The Morgan fingerprint density at radius 1 is 1.00 bits per heavy atom. The summed E-state index contributed by atoms with van der Waals surface area (Å²) >= 11 is 0. The molecule has 0 bridgehead atoms. The Bertz CT molecular complexity index is 76.4. The first kappa shape index (κ1) is 15.7. The third-order valence-electron chi connectivity index (χ3n) is 0.167. The van der Waals surface area contributed by atoms with Crippen molar-refractivity contribution in [3.05, 3.63) is 0 Å². The molecule has 0 fully saturated rings. The van der Waals surface area contributed by atoms with E-state index in [1.165, 1.54) is 0 Å². The molecule has 46 valence electrons. The van der Waals surface area contributed by atoms with E-state index in [0.29, 0.717) is 0 Å². The zero-order chi connectivity index (χ0) is 5.15. The van der Waals surface area contributed by atoms with Gasteiger partial charge in [0.25, 0.3) is 0 Å². The molecule has 0 unspecified atom stereocenters. The van der Waals surface area contributed by atoms with Crippen LogP contribution in [0, 0.1) is 0 Å². The van der Waals surface area contributed by atoms with Crippen molar-refractivity contribution >= 4 is 11.9 Å². The van der Waals surface area contributed by atoms with Gasteiger partial charge in [-0.2, -0.15) is 0 Å². The number of rotatable bonds is 0. The number of carbonyl (C=O) groups excluding carboxylic acids is 2. The van der Waals surface area contributed by atoms with E-state index >= 15 is 0 Å². The van der Waals surface area contributed by atoms with E-state index in [0.717, 1.165) is 0 Å². The summed E-state index contributed by atoms with van der Waals surface area (Å²) in [4.78, 5) is 17.9. The summed E-state index contributed by atoms with van der Waals surface area (Å²) < 4.78 is 0. The van der Waals surface area contributed by atoms with Gasteiger partial charge < -0.3 is 25.3 Å². The quantitative estimate of drug-likeness (QED) is 0.267. The molecule has 0 aromatic rings. The number of hydrogen-bond donors (Lipinski definition) is 0. The summed E-state index contributed by atoms with van der Waals surface area (Å²) in [6, 6.07) is 0. The first-order valence-electron chi connectivity index (χ1n) is 1.07. The molecule has 0 amide bonds. The Morgan fingerprint density at radius 2 is 1.12 bits per heavy atom. The average Bonchev–Trinajstić information content (AvgIpc) is 1.36. The molecule has 0 atom stereocenters. The van der Waals surface area contributed by atoms with Crippen molar-refractivity contribution in [2.75, 3.05) is 0 Å². The minimum absolute atomic E-state index is 0. The van der Waals surface area contributed by atoms with Gasteiger partial charge in [-0.15, -0.1) is 0 Å². The molecule has 0 aromatic carbocycles. The molecule has 0 radical (unpaired) electrons. The van der Waals surface area contributed by atoms with Crippen LogP contribution in [0.25, 0.3) is 0 Å². The van der Waals surface area contributed by atoms with Crippen molar-refractivity contribution in [2.24, 2.45) is 0 Å². The summed E-state index contributed by atoms with van der Waals surface area (Å²) in [7, 11) is 0. The first-order chi connectivity index (χ1) is 2.64. The predicted molar refractivity (Wildman–Crippen MR) is 11.9 cm³/mol.